The summed E-state index contributed by atoms with van der Waals surface area (Å²) < 4.78 is 11.7. The highest BCUT2D eigenvalue weighted by Crippen LogP contribution is 2.16. The van der Waals surface area contributed by atoms with Gasteiger partial charge in [-0.05, 0) is 12.1 Å². The fourth-order valence-corrected chi connectivity index (χ4v) is 1.32. The number of hydrogen-bond donors (Lipinski definition) is 0. The highest BCUT2D eigenvalue weighted by molar-refractivity contribution is 6.02. The first-order valence-electron chi connectivity index (χ1n) is 3.99. The molecule has 0 atom stereocenters. The summed E-state index contributed by atoms with van der Waals surface area (Å²) in [4.78, 5) is 18.2. The van der Waals surface area contributed by atoms with Crippen LogP contribution in [0.4, 0.5) is 4.53 Å². The number of benzene rings is 1. The Morgan fingerprint density at radius 2 is 2.07 bits per heavy atom. The van der Waals surface area contributed by atoms with Crippen molar-refractivity contribution in [1.82, 2.24) is 4.98 Å². The lowest BCUT2D eigenvalue weighted by atomic mass is 10.1. The van der Waals surface area contributed by atoms with Gasteiger partial charge in [0.15, 0.2) is 0 Å². The van der Waals surface area contributed by atoms with Crippen LogP contribution in [0.15, 0.2) is 36.5 Å². The highest BCUT2D eigenvalue weighted by Gasteiger charge is 2.11. The predicted molar refractivity (Wildman–Crippen MR) is 48.3 cm³/mol. The Labute approximate surface area is 79.0 Å². The maximum atomic E-state index is 11.7. The molecule has 2 rings (SSSR count). The molecule has 3 nitrogen and oxygen atoms in total. The van der Waals surface area contributed by atoms with Crippen LogP contribution in [0.2, 0.25) is 0 Å². The van der Waals surface area contributed by atoms with Crippen LogP contribution in [0.25, 0.3) is 10.9 Å². The van der Waals surface area contributed by atoms with Crippen molar-refractivity contribution in [3.05, 3.63) is 42.1 Å². The number of halogens is 1. The first-order chi connectivity index (χ1) is 6.83. The van der Waals surface area contributed by atoms with Gasteiger partial charge < -0.3 is 0 Å². The van der Waals surface area contributed by atoms with Crippen LogP contribution >= 0.6 is 0 Å². The lowest BCUT2D eigenvalue weighted by molar-refractivity contribution is -0.0786. The van der Waals surface area contributed by atoms with Gasteiger partial charge in [0.2, 0.25) is 0 Å². The third kappa shape index (κ3) is 1.31. The van der Waals surface area contributed by atoms with E-state index in [-0.39, 0.29) is 5.56 Å². The summed E-state index contributed by atoms with van der Waals surface area (Å²) in [6, 6.07) is 8.39. The van der Waals surface area contributed by atoms with Crippen LogP contribution in [0, 0.1) is 0 Å². The molecule has 1 aromatic carbocycles. The molecule has 1 aromatic heterocycles. The average molecular weight is 191 g/mol. The minimum Gasteiger partial charge on any atom is -0.256 e. The van der Waals surface area contributed by atoms with Crippen molar-refractivity contribution in [3.8, 4) is 0 Å². The van der Waals surface area contributed by atoms with E-state index < -0.39 is 5.97 Å². The largest absolute Gasteiger partial charge is 0.380 e. The Hall–Kier alpha value is -1.97. The van der Waals surface area contributed by atoms with Crippen LogP contribution in [-0.2, 0) is 4.94 Å². The molecule has 1 heterocycles. The van der Waals surface area contributed by atoms with Crippen molar-refractivity contribution in [2.75, 3.05) is 0 Å². The normalized spacial score (nSPS) is 10.1. The maximum absolute atomic E-state index is 11.7. The van der Waals surface area contributed by atoms with Gasteiger partial charge in [0.1, 0.15) is 0 Å². The van der Waals surface area contributed by atoms with E-state index in [1.54, 1.807) is 24.3 Å². The Bertz CT molecular complexity index is 479. The Morgan fingerprint density at radius 1 is 1.29 bits per heavy atom. The van der Waals surface area contributed by atoms with E-state index in [2.05, 4.69) is 9.93 Å². The van der Waals surface area contributed by atoms with Gasteiger partial charge in [-0.25, -0.2) is 9.74 Å². The second kappa shape index (κ2) is 3.41. The summed E-state index contributed by atoms with van der Waals surface area (Å²) in [5.74, 6) is -0.997. The van der Waals surface area contributed by atoms with Crippen LogP contribution < -0.4 is 0 Å². The van der Waals surface area contributed by atoms with E-state index in [1.807, 2.05) is 0 Å². The lowest BCUT2D eigenvalue weighted by Crippen LogP contribution is -2.00. The second-order valence-electron chi connectivity index (χ2n) is 2.74. The highest BCUT2D eigenvalue weighted by atomic mass is 19.3. The molecule has 0 aliphatic heterocycles. The van der Waals surface area contributed by atoms with Gasteiger partial charge in [-0.1, -0.05) is 18.2 Å². The summed E-state index contributed by atoms with van der Waals surface area (Å²) in [6.07, 6.45) is 1.44. The summed E-state index contributed by atoms with van der Waals surface area (Å²) in [5.41, 5.74) is 0.813. The molecule has 0 aliphatic rings. The molecule has 0 saturated heterocycles. The number of aromatic nitrogens is 1. The zero-order valence-electron chi connectivity index (χ0n) is 7.11. The van der Waals surface area contributed by atoms with Crippen LogP contribution in [-0.4, -0.2) is 11.0 Å². The van der Waals surface area contributed by atoms with Gasteiger partial charge in [0.05, 0.1) is 11.1 Å². The minimum absolute atomic E-state index is 0.179. The molecule has 0 saturated carbocycles. The summed E-state index contributed by atoms with van der Waals surface area (Å²) >= 11 is 0. The fraction of sp³-hybridized carbons (Fsp3) is 0. The Balaban J connectivity index is 2.71. The van der Waals surface area contributed by atoms with Gasteiger partial charge in [0.25, 0.3) is 0 Å². The molecule has 0 bridgehead atoms. The van der Waals surface area contributed by atoms with E-state index in [4.69, 9.17) is 0 Å². The molecule has 0 fully saturated rings. The van der Waals surface area contributed by atoms with Gasteiger partial charge in [-0.2, -0.15) is 0 Å². The molecule has 70 valence electrons. The van der Waals surface area contributed by atoms with Crippen LogP contribution in [0.3, 0.4) is 0 Å². The number of hydrogen-bond acceptors (Lipinski definition) is 3. The zero-order chi connectivity index (χ0) is 9.97. The fourth-order valence-electron chi connectivity index (χ4n) is 1.32. The zero-order valence-corrected chi connectivity index (χ0v) is 7.11. The molecule has 0 unspecified atom stereocenters. The number of carbonyl (C=O) groups excluding carboxylic acids is 1. The third-order valence-electron chi connectivity index (χ3n) is 1.94. The molecular formula is C10H6FNO2. The number of rotatable bonds is 1. The molecule has 0 amide bonds. The lowest BCUT2D eigenvalue weighted by Gasteiger charge is -2.00. The summed E-state index contributed by atoms with van der Waals surface area (Å²) in [7, 11) is 0. The average Bonchev–Trinajstić information content (AvgIpc) is 2.27. The molecule has 0 aliphatic carbocycles. The smallest absolute Gasteiger partial charge is 0.256 e. The molecule has 0 spiro atoms. The first kappa shape index (κ1) is 8.62. The van der Waals surface area contributed by atoms with Gasteiger partial charge in [-0.3, -0.25) is 4.98 Å². The van der Waals surface area contributed by atoms with E-state index in [0.717, 1.165) is 0 Å². The maximum Gasteiger partial charge on any atom is 0.380 e. The van der Waals surface area contributed by atoms with Gasteiger partial charge >= 0.3 is 5.97 Å². The van der Waals surface area contributed by atoms with Crippen molar-refractivity contribution < 1.29 is 14.3 Å². The number of fused-ring (bicyclic) bond motifs is 1. The monoisotopic (exact) mass is 191 g/mol. The minimum atomic E-state index is -0.997. The molecular weight excluding hydrogens is 185 g/mol. The molecule has 0 N–H and O–H groups in total. The van der Waals surface area contributed by atoms with E-state index in [0.29, 0.717) is 10.9 Å². The predicted octanol–water partition coefficient (Wildman–Crippen LogP) is 2.28. The Kier molecular flexibility index (Phi) is 2.10. The number of pyridine rings is 1. The van der Waals surface area contributed by atoms with Crippen LogP contribution in [0.1, 0.15) is 10.4 Å². The summed E-state index contributed by atoms with van der Waals surface area (Å²) in [5, 5.41) is 0.581. The quantitative estimate of drug-likeness (QED) is 0.694. The first-order valence-corrected chi connectivity index (χ1v) is 3.99. The molecule has 2 aromatic rings. The number of carbonyl (C=O) groups is 1. The molecule has 4 heteroatoms. The number of nitrogens with zero attached hydrogens (tertiary/aromatic N) is 1. The SMILES string of the molecule is O=C(OF)c1ccnc2ccccc12. The second-order valence-corrected chi connectivity index (χ2v) is 2.74. The van der Waals surface area contributed by atoms with E-state index >= 15 is 0 Å². The molecule has 0 radical (unpaired) electrons. The Morgan fingerprint density at radius 3 is 2.86 bits per heavy atom. The number of para-hydroxylation sites is 1. The van der Waals surface area contributed by atoms with Gasteiger partial charge in [0, 0.05) is 16.1 Å². The van der Waals surface area contributed by atoms with E-state index in [1.165, 1.54) is 12.3 Å². The summed E-state index contributed by atoms with van der Waals surface area (Å²) in [6.45, 7) is 0. The van der Waals surface area contributed by atoms with Crippen molar-refractivity contribution in [2.24, 2.45) is 0 Å². The van der Waals surface area contributed by atoms with Crippen molar-refractivity contribution in [2.45, 2.75) is 0 Å². The van der Waals surface area contributed by atoms with Crippen molar-refractivity contribution in [1.29, 1.82) is 0 Å². The van der Waals surface area contributed by atoms with Crippen LogP contribution in [0.5, 0.6) is 0 Å². The van der Waals surface area contributed by atoms with Crippen molar-refractivity contribution >= 4 is 16.9 Å². The molecule has 14 heavy (non-hydrogen) atoms. The van der Waals surface area contributed by atoms with E-state index in [9.17, 15) is 9.32 Å². The van der Waals surface area contributed by atoms with Crippen molar-refractivity contribution in [3.63, 3.8) is 0 Å². The topological polar surface area (TPSA) is 39.2 Å². The van der Waals surface area contributed by atoms with Gasteiger partial charge in [-0.15, -0.1) is 0 Å². The standard InChI is InChI=1S/C10H6FNO2/c11-14-10(13)8-5-6-12-9-4-2-1-3-7(8)9/h1-6H. The third-order valence-corrected chi connectivity index (χ3v) is 1.94.